The van der Waals surface area contributed by atoms with E-state index in [4.69, 9.17) is 9.47 Å². The van der Waals surface area contributed by atoms with Gasteiger partial charge in [0.25, 0.3) is 10.8 Å². The van der Waals surface area contributed by atoms with Crippen LogP contribution in [0.2, 0.25) is 0 Å². The minimum Gasteiger partial charge on any atom is -0.466 e. The van der Waals surface area contributed by atoms with E-state index in [0.29, 0.717) is 11.4 Å². The van der Waals surface area contributed by atoms with Crippen molar-refractivity contribution in [3.8, 4) is 0 Å². The third kappa shape index (κ3) is 4.71. The smallest absolute Gasteiger partial charge is 0.336 e. The fraction of sp³-hybridized carbons (Fsp3) is 0.333. The van der Waals surface area contributed by atoms with Crippen molar-refractivity contribution in [2.24, 2.45) is 0 Å². The second kappa shape index (κ2) is 9.49. The van der Waals surface area contributed by atoms with Crippen LogP contribution in [-0.4, -0.2) is 42.3 Å². The molecule has 1 heterocycles. The molecule has 0 fully saturated rings. The first-order valence-corrected chi connectivity index (χ1v) is 8.63. The maximum Gasteiger partial charge on any atom is 0.336 e. The Morgan fingerprint density at radius 2 is 1.63 bits per heavy atom. The fourth-order valence-corrected chi connectivity index (χ4v) is 3.18. The SMILES string of the molecule is COC(=O)C1=C(C)NC(C)=C(C(=O)OCCO[N+](=O)[O-])C1c1ccccc1[N+](=O)[O-]. The van der Waals surface area contributed by atoms with E-state index in [1.54, 1.807) is 13.8 Å². The van der Waals surface area contributed by atoms with Gasteiger partial charge in [0, 0.05) is 23.0 Å². The highest BCUT2D eigenvalue weighted by molar-refractivity contribution is 6.00. The summed E-state index contributed by atoms with van der Waals surface area (Å²) in [6.45, 7) is 2.19. The number of nitro groups is 1. The molecule has 1 aromatic rings. The normalized spacial score (nSPS) is 15.9. The Kier molecular flexibility index (Phi) is 7.07. The Labute approximate surface area is 170 Å². The standard InChI is InChI=1S/C18H19N3O9/c1-10-14(17(22)28-3)16(12-6-4-5-7-13(12)20(24)25)15(11(2)19-10)18(23)29-8-9-30-21(26)27/h4-7,16,19H,8-9H2,1-3H3. The predicted molar refractivity (Wildman–Crippen MR) is 100 cm³/mol. The first-order valence-electron chi connectivity index (χ1n) is 8.63. The molecule has 30 heavy (non-hydrogen) atoms. The Morgan fingerprint density at radius 1 is 1.03 bits per heavy atom. The molecule has 12 heteroatoms. The molecule has 1 aromatic carbocycles. The maximum absolute atomic E-state index is 12.8. The van der Waals surface area contributed by atoms with Crippen LogP contribution in [0.4, 0.5) is 5.69 Å². The van der Waals surface area contributed by atoms with Crippen molar-refractivity contribution < 1.29 is 33.9 Å². The van der Waals surface area contributed by atoms with Gasteiger partial charge in [-0.25, -0.2) is 9.59 Å². The van der Waals surface area contributed by atoms with Gasteiger partial charge in [0.15, 0.2) is 0 Å². The number of carbonyl (C=O) groups excluding carboxylic acids is 2. The molecule has 1 aliphatic rings. The zero-order chi connectivity index (χ0) is 22.4. The van der Waals surface area contributed by atoms with E-state index in [1.165, 1.54) is 24.3 Å². The van der Waals surface area contributed by atoms with Gasteiger partial charge >= 0.3 is 11.9 Å². The van der Waals surface area contributed by atoms with Gasteiger partial charge in [-0.1, -0.05) is 18.2 Å². The van der Waals surface area contributed by atoms with Crippen molar-refractivity contribution in [1.82, 2.24) is 5.32 Å². The molecule has 1 N–H and O–H groups in total. The predicted octanol–water partition coefficient (Wildman–Crippen LogP) is 1.75. The van der Waals surface area contributed by atoms with Crippen LogP contribution in [0, 0.1) is 20.2 Å². The van der Waals surface area contributed by atoms with Crippen molar-refractivity contribution in [3.05, 3.63) is 72.6 Å². The molecule has 0 aliphatic carbocycles. The lowest BCUT2D eigenvalue weighted by Gasteiger charge is -2.30. The number of hydrogen-bond donors (Lipinski definition) is 1. The number of dihydropyridines is 1. The van der Waals surface area contributed by atoms with Crippen molar-refractivity contribution >= 4 is 17.6 Å². The molecule has 0 saturated heterocycles. The number of para-hydroxylation sites is 1. The number of benzene rings is 1. The third-order valence-corrected chi connectivity index (χ3v) is 4.34. The summed E-state index contributed by atoms with van der Waals surface area (Å²) in [6, 6.07) is 5.68. The summed E-state index contributed by atoms with van der Waals surface area (Å²) in [4.78, 5) is 50.6. The minimum absolute atomic E-state index is 0.00546. The lowest BCUT2D eigenvalue weighted by Crippen LogP contribution is -2.33. The van der Waals surface area contributed by atoms with Gasteiger partial charge in [0.2, 0.25) is 0 Å². The van der Waals surface area contributed by atoms with E-state index in [1.807, 2.05) is 0 Å². The number of nitro benzene ring substituents is 1. The quantitative estimate of drug-likeness (QED) is 0.283. The van der Waals surface area contributed by atoms with Gasteiger partial charge in [0.05, 0.1) is 29.1 Å². The van der Waals surface area contributed by atoms with E-state index in [9.17, 15) is 29.8 Å². The summed E-state index contributed by atoms with van der Waals surface area (Å²) in [5.74, 6) is -2.84. The van der Waals surface area contributed by atoms with Crippen LogP contribution in [0.25, 0.3) is 0 Å². The minimum atomic E-state index is -1.15. The third-order valence-electron chi connectivity index (χ3n) is 4.34. The molecule has 0 bridgehead atoms. The van der Waals surface area contributed by atoms with Crippen LogP contribution < -0.4 is 5.32 Å². The molecule has 1 unspecified atom stereocenters. The molecule has 0 aromatic heterocycles. The van der Waals surface area contributed by atoms with E-state index in [-0.39, 0.29) is 22.4 Å². The van der Waals surface area contributed by atoms with Crippen LogP contribution >= 0.6 is 0 Å². The zero-order valence-corrected chi connectivity index (χ0v) is 16.4. The number of nitrogens with zero attached hydrogens (tertiary/aromatic N) is 2. The number of ether oxygens (including phenoxy) is 2. The van der Waals surface area contributed by atoms with Crippen molar-refractivity contribution in [3.63, 3.8) is 0 Å². The summed E-state index contributed by atoms with van der Waals surface area (Å²) < 4.78 is 9.86. The Morgan fingerprint density at radius 3 is 2.20 bits per heavy atom. The average molecular weight is 421 g/mol. The first kappa shape index (κ1) is 22.3. The van der Waals surface area contributed by atoms with Crippen LogP contribution in [0.3, 0.4) is 0 Å². The molecule has 2 rings (SSSR count). The second-order valence-electron chi connectivity index (χ2n) is 6.14. The zero-order valence-electron chi connectivity index (χ0n) is 16.4. The Hall–Kier alpha value is -3.96. The largest absolute Gasteiger partial charge is 0.466 e. The van der Waals surface area contributed by atoms with Gasteiger partial charge in [0.1, 0.15) is 13.2 Å². The Balaban J connectivity index is 2.54. The number of allylic oxidation sites excluding steroid dienone is 2. The highest BCUT2D eigenvalue weighted by atomic mass is 17.0. The van der Waals surface area contributed by atoms with Gasteiger partial charge in [-0.3, -0.25) is 10.1 Å². The molecular weight excluding hydrogens is 402 g/mol. The van der Waals surface area contributed by atoms with Gasteiger partial charge < -0.3 is 19.6 Å². The molecule has 1 aliphatic heterocycles. The van der Waals surface area contributed by atoms with E-state index >= 15 is 0 Å². The second-order valence-corrected chi connectivity index (χ2v) is 6.14. The maximum atomic E-state index is 12.8. The number of methoxy groups -OCH3 is 1. The molecule has 12 nitrogen and oxygen atoms in total. The number of hydrogen-bond acceptors (Lipinski definition) is 10. The first-order chi connectivity index (χ1) is 14.2. The summed E-state index contributed by atoms with van der Waals surface area (Å²) in [7, 11) is 1.15. The summed E-state index contributed by atoms with van der Waals surface area (Å²) in [5.41, 5.74) is 0.409. The van der Waals surface area contributed by atoms with E-state index in [0.717, 1.165) is 7.11 Å². The van der Waals surface area contributed by atoms with Crippen LogP contribution in [0.1, 0.15) is 25.3 Å². The van der Waals surface area contributed by atoms with Gasteiger partial charge in [-0.05, 0) is 13.8 Å². The number of carbonyl (C=O) groups is 2. The summed E-state index contributed by atoms with van der Waals surface area (Å²) in [5, 5.41) is 23.6. The molecule has 0 spiro atoms. The van der Waals surface area contributed by atoms with Crippen LogP contribution in [-0.2, 0) is 23.9 Å². The number of nitrogens with one attached hydrogen (secondary N) is 1. The molecule has 0 amide bonds. The lowest BCUT2D eigenvalue weighted by atomic mass is 9.79. The molecule has 160 valence electrons. The van der Waals surface area contributed by atoms with Gasteiger partial charge in [-0.2, -0.15) is 0 Å². The average Bonchev–Trinajstić information content (AvgIpc) is 2.69. The van der Waals surface area contributed by atoms with E-state index in [2.05, 4.69) is 10.2 Å². The molecule has 0 radical (unpaired) electrons. The van der Waals surface area contributed by atoms with Crippen LogP contribution in [0.5, 0.6) is 0 Å². The van der Waals surface area contributed by atoms with Crippen molar-refractivity contribution in [2.45, 2.75) is 19.8 Å². The highest BCUT2D eigenvalue weighted by Crippen LogP contribution is 2.42. The molecule has 1 atom stereocenters. The van der Waals surface area contributed by atoms with Gasteiger partial charge in [-0.15, -0.1) is 10.1 Å². The monoisotopic (exact) mass is 421 g/mol. The summed E-state index contributed by atoms with van der Waals surface area (Å²) >= 11 is 0. The fourth-order valence-electron chi connectivity index (χ4n) is 3.18. The number of rotatable bonds is 8. The van der Waals surface area contributed by atoms with E-state index < -0.39 is 41.1 Å². The van der Waals surface area contributed by atoms with Crippen molar-refractivity contribution in [1.29, 1.82) is 0 Å². The lowest BCUT2D eigenvalue weighted by molar-refractivity contribution is -0.757. The highest BCUT2D eigenvalue weighted by Gasteiger charge is 2.40. The summed E-state index contributed by atoms with van der Waals surface area (Å²) in [6.07, 6.45) is 0. The number of esters is 2. The topological polar surface area (TPSA) is 160 Å². The van der Waals surface area contributed by atoms with Crippen LogP contribution in [0.15, 0.2) is 46.8 Å². The molecule has 0 saturated carbocycles. The Bertz CT molecular complexity index is 952. The van der Waals surface area contributed by atoms with Crippen molar-refractivity contribution in [2.75, 3.05) is 20.3 Å². The molecular formula is C18H19N3O9.